The van der Waals surface area contributed by atoms with Gasteiger partial charge in [-0.15, -0.1) is 0 Å². The molecule has 0 spiro atoms. The van der Waals surface area contributed by atoms with Gasteiger partial charge in [-0.3, -0.25) is 0 Å². The van der Waals surface area contributed by atoms with Gasteiger partial charge >= 0.3 is 0 Å². The maximum atomic E-state index is 5.77. The Kier molecular flexibility index (Phi) is 26.4. The molecule has 0 aliphatic heterocycles. The molecule has 222 valence electrons. The van der Waals surface area contributed by atoms with Crippen molar-refractivity contribution >= 4 is 0 Å². The molecule has 7 nitrogen and oxygen atoms in total. The van der Waals surface area contributed by atoms with Gasteiger partial charge in [0.05, 0.1) is 72.7 Å². The van der Waals surface area contributed by atoms with Crippen molar-refractivity contribution in [3.05, 3.63) is 29.8 Å². The maximum Gasteiger partial charge on any atom is 0.119 e. The third kappa shape index (κ3) is 23.9. The van der Waals surface area contributed by atoms with E-state index in [1.165, 1.54) is 50.5 Å². The zero-order chi connectivity index (χ0) is 27.2. The van der Waals surface area contributed by atoms with Gasteiger partial charge in [-0.05, 0) is 37.0 Å². The number of hydrogen-bond acceptors (Lipinski definition) is 7. The molecule has 0 saturated carbocycles. The van der Waals surface area contributed by atoms with Gasteiger partial charge in [0.25, 0.3) is 0 Å². The average Bonchev–Trinajstić information content (AvgIpc) is 2.94. The van der Waals surface area contributed by atoms with Crippen molar-refractivity contribution in [3.63, 3.8) is 0 Å². The van der Waals surface area contributed by atoms with Crippen molar-refractivity contribution in [2.75, 3.05) is 85.9 Å². The lowest BCUT2D eigenvalue weighted by atomic mass is 10.0. The predicted octanol–water partition coefficient (Wildman–Crippen LogP) is 6.26. The molecule has 0 fully saturated rings. The number of aryl methyl sites for hydroxylation is 1. The first-order chi connectivity index (χ1) is 18.9. The van der Waals surface area contributed by atoms with E-state index < -0.39 is 0 Å². The van der Waals surface area contributed by atoms with E-state index in [-0.39, 0.29) is 0 Å². The van der Waals surface area contributed by atoms with E-state index in [1.807, 2.05) is 0 Å². The van der Waals surface area contributed by atoms with Gasteiger partial charge in [0, 0.05) is 6.61 Å². The third-order valence-corrected chi connectivity index (χ3v) is 5.99. The van der Waals surface area contributed by atoms with Crippen LogP contribution in [0.25, 0.3) is 0 Å². The molecule has 7 heteroatoms. The van der Waals surface area contributed by atoms with Gasteiger partial charge in [-0.25, -0.2) is 0 Å². The summed E-state index contributed by atoms with van der Waals surface area (Å²) in [5, 5.41) is 0. The van der Waals surface area contributed by atoms with E-state index >= 15 is 0 Å². The summed E-state index contributed by atoms with van der Waals surface area (Å²) in [5.41, 5.74) is 1.39. The summed E-state index contributed by atoms with van der Waals surface area (Å²) in [7, 11) is 0. The fraction of sp³-hybridized carbons (Fsp3) is 0.806. The first-order valence-electron chi connectivity index (χ1n) is 15.0. The predicted molar refractivity (Wildman–Crippen MR) is 153 cm³/mol. The van der Waals surface area contributed by atoms with Crippen LogP contribution in [0.15, 0.2) is 24.3 Å². The lowest BCUT2D eigenvalue weighted by molar-refractivity contribution is -0.0178. The summed E-state index contributed by atoms with van der Waals surface area (Å²) >= 11 is 0. The Hall–Kier alpha value is -1.22. The van der Waals surface area contributed by atoms with Crippen LogP contribution in [0.1, 0.15) is 77.2 Å². The standard InChI is InChI=1S/C31H56O7/c1-3-5-7-8-9-10-11-12-30-13-15-31(16-14-30)38-29-28-37-27-26-36-25-24-35-23-22-34-21-20-33-19-18-32-17-6-4-2/h13-16H,3-12,17-29H2,1-2H3. The van der Waals surface area contributed by atoms with Crippen molar-refractivity contribution < 1.29 is 33.2 Å². The Morgan fingerprint density at radius 3 is 1.26 bits per heavy atom. The van der Waals surface area contributed by atoms with E-state index in [4.69, 9.17) is 33.2 Å². The minimum absolute atomic E-state index is 0.540. The monoisotopic (exact) mass is 540 g/mol. The normalized spacial score (nSPS) is 11.3. The molecule has 0 amide bonds. The Bertz CT molecular complexity index is 582. The minimum atomic E-state index is 0.540. The maximum absolute atomic E-state index is 5.77. The van der Waals surface area contributed by atoms with E-state index in [9.17, 15) is 0 Å². The fourth-order valence-corrected chi connectivity index (χ4v) is 3.71. The van der Waals surface area contributed by atoms with Crippen LogP contribution in [-0.4, -0.2) is 85.9 Å². The van der Waals surface area contributed by atoms with Crippen LogP contribution < -0.4 is 4.74 Å². The molecule has 38 heavy (non-hydrogen) atoms. The molecule has 0 bridgehead atoms. The molecule has 0 aliphatic rings. The van der Waals surface area contributed by atoms with Crippen LogP contribution in [0.4, 0.5) is 0 Å². The second-order valence-corrected chi connectivity index (χ2v) is 9.39. The van der Waals surface area contributed by atoms with Gasteiger partial charge in [0.1, 0.15) is 12.4 Å². The van der Waals surface area contributed by atoms with E-state index in [0.717, 1.165) is 31.6 Å². The second-order valence-electron chi connectivity index (χ2n) is 9.39. The molecule has 0 heterocycles. The zero-order valence-corrected chi connectivity index (χ0v) is 24.4. The van der Waals surface area contributed by atoms with Gasteiger partial charge < -0.3 is 33.2 Å². The van der Waals surface area contributed by atoms with Crippen LogP contribution in [0, 0.1) is 0 Å². The van der Waals surface area contributed by atoms with E-state index in [1.54, 1.807) is 0 Å². The molecular formula is C31H56O7. The SMILES string of the molecule is CCCCCCCCCc1ccc(OCCOCCOCCOCCOCCOCCOCCCC)cc1. The molecule has 1 aromatic carbocycles. The number of rotatable bonds is 30. The highest BCUT2D eigenvalue weighted by Gasteiger charge is 1.98. The first-order valence-corrected chi connectivity index (χ1v) is 15.0. The van der Waals surface area contributed by atoms with Crippen LogP contribution in [0.3, 0.4) is 0 Å². The van der Waals surface area contributed by atoms with Crippen LogP contribution in [0.2, 0.25) is 0 Å². The number of hydrogen-bond donors (Lipinski definition) is 0. The topological polar surface area (TPSA) is 64.6 Å². The highest BCUT2D eigenvalue weighted by molar-refractivity contribution is 5.27. The molecule has 0 radical (unpaired) electrons. The lowest BCUT2D eigenvalue weighted by Crippen LogP contribution is -2.14. The minimum Gasteiger partial charge on any atom is -0.491 e. The largest absolute Gasteiger partial charge is 0.491 e. The smallest absolute Gasteiger partial charge is 0.119 e. The summed E-state index contributed by atoms with van der Waals surface area (Å²) < 4.78 is 38.7. The van der Waals surface area contributed by atoms with Gasteiger partial charge in [0.15, 0.2) is 0 Å². The molecule has 1 rings (SSSR count). The summed E-state index contributed by atoms with van der Waals surface area (Å²) in [5.74, 6) is 0.897. The van der Waals surface area contributed by atoms with Gasteiger partial charge in [-0.1, -0.05) is 70.9 Å². The van der Waals surface area contributed by atoms with Crippen molar-refractivity contribution in [1.29, 1.82) is 0 Å². The molecule has 1 aromatic rings. The second kappa shape index (κ2) is 28.8. The van der Waals surface area contributed by atoms with Gasteiger partial charge in [0.2, 0.25) is 0 Å². The highest BCUT2D eigenvalue weighted by Crippen LogP contribution is 2.15. The van der Waals surface area contributed by atoms with Crippen LogP contribution >= 0.6 is 0 Å². The molecule has 0 atom stereocenters. The molecule has 0 unspecified atom stereocenters. The van der Waals surface area contributed by atoms with Crippen LogP contribution in [-0.2, 0) is 34.8 Å². The quantitative estimate of drug-likeness (QED) is 0.107. The summed E-state index contributed by atoms with van der Waals surface area (Å²) in [6, 6.07) is 8.47. The van der Waals surface area contributed by atoms with Crippen molar-refractivity contribution in [2.24, 2.45) is 0 Å². The van der Waals surface area contributed by atoms with Crippen LogP contribution in [0.5, 0.6) is 5.75 Å². The van der Waals surface area contributed by atoms with E-state index in [0.29, 0.717) is 79.3 Å². The van der Waals surface area contributed by atoms with E-state index in [2.05, 4.69) is 38.1 Å². The Morgan fingerprint density at radius 2 is 0.789 bits per heavy atom. The van der Waals surface area contributed by atoms with Gasteiger partial charge in [-0.2, -0.15) is 0 Å². The summed E-state index contributed by atoms with van der Waals surface area (Å²) in [6.45, 7) is 12.0. The van der Waals surface area contributed by atoms with Crippen molar-refractivity contribution in [3.8, 4) is 5.75 Å². The number of benzene rings is 1. The summed E-state index contributed by atoms with van der Waals surface area (Å²) in [6.07, 6.45) is 12.8. The molecule has 0 N–H and O–H groups in total. The molecule has 0 aliphatic carbocycles. The number of unbranched alkanes of at least 4 members (excludes halogenated alkanes) is 7. The Balaban J connectivity index is 1.78. The Morgan fingerprint density at radius 1 is 0.395 bits per heavy atom. The lowest BCUT2D eigenvalue weighted by Gasteiger charge is -2.09. The third-order valence-electron chi connectivity index (χ3n) is 5.99. The van der Waals surface area contributed by atoms with Crippen molar-refractivity contribution in [2.45, 2.75) is 78.1 Å². The fourth-order valence-electron chi connectivity index (χ4n) is 3.71. The highest BCUT2D eigenvalue weighted by atomic mass is 16.6. The van der Waals surface area contributed by atoms with Crippen molar-refractivity contribution in [1.82, 2.24) is 0 Å². The first kappa shape index (κ1) is 34.8. The zero-order valence-electron chi connectivity index (χ0n) is 24.4. The number of ether oxygens (including phenoxy) is 7. The molecular weight excluding hydrogens is 484 g/mol. The molecule has 0 saturated heterocycles. The summed E-state index contributed by atoms with van der Waals surface area (Å²) in [4.78, 5) is 0. The molecule has 0 aromatic heterocycles. The average molecular weight is 541 g/mol. The Labute approximate surface area is 232 Å².